The van der Waals surface area contributed by atoms with Gasteiger partial charge in [0.05, 0.1) is 0 Å². The molecule has 0 atom stereocenters. The van der Waals surface area contributed by atoms with E-state index >= 15 is 0 Å². The second-order valence-electron chi connectivity index (χ2n) is 3.64. The van der Waals surface area contributed by atoms with Crippen molar-refractivity contribution in [3.63, 3.8) is 0 Å². The Labute approximate surface area is 81.1 Å². The number of hydrogen-bond donors (Lipinski definition) is 0. The van der Waals surface area contributed by atoms with E-state index in [9.17, 15) is 0 Å². The molecule has 0 bridgehead atoms. The molecule has 0 rings (SSSR count). The van der Waals surface area contributed by atoms with Gasteiger partial charge < -0.3 is 0 Å². The Morgan fingerprint density at radius 2 is 1.67 bits per heavy atom. The van der Waals surface area contributed by atoms with Crippen LogP contribution in [0.3, 0.4) is 0 Å². The van der Waals surface area contributed by atoms with Crippen LogP contribution >= 0.6 is 11.8 Å². The van der Waals surface area contributed by atoms with Gasteiger partial charge in [0.1, 0.15) is 0 Å². The van der Waals surface area contributed by atoms with E-state index in [0.717, 1.165) is 0 Å². The van der Waals surface area contributed by atoms with Gasteiger partial charge in [0.15, 0.2) is 0 Å². The van der Waals surface area contributed by atoms with Gasteiger partial charge in [-0.25, -0.2) is 0 Å². The average molecular weight is 184 g/mol. The normalized spacial score (nSPS) is 12.8. The zero-order valence-corrected chi connectivity index (χ0v) is 9.66. The average Bonchev–Trinajstić information content (AvgIpc) is 1.98. The third kappa shape index (κ3) is 4.01. The van der Waals surface area contributed by atoms with Crippen LogP contribution in [0.2, 0.25) is 0 Å². The van der Waals surface area contributed by atoms with Crippen LogP contribution in [0.15, 0.2) is 23.1 Å². The summed E-state index contributed by atoms with van der Waals surface area (Å²) in [7, 11) is 0. The third-order valence-corrected chi connectivity index (χ3v) is 2.93. The SMILES string of the molecule is C=C(/C=C(\SC)C(C)C)C(C)C. The standard InChI is InChI=1S/C11H20S/c1-8(2)10(5)7-11(12-6)9(3)4/h7-9H,5H2,1-4,6H3/b11-7-. The quantitative estimate of drug-likeness (QED) is 0.593. The molecule has 0 aliphatic rings. The van der Waals surface area contributed by atoms with Crippen LogP contribution in [0, 0.1) is 11.8 Å². The van der Waals surface area contributed by atoms with Crippen LogP contribution in [0.5, 0.6) is 0 Å². The molecule has 0 heterocycles. The lowest BCUT2D eigenvalue weighted by Crippen LogP contribution is -1.94. The molecule has 70 valence electrons. The molecule has 0 unspecified atom stereocenters. The molecule has 0 aliphatic carbocycles. The van der Waals surface area contributed by atoms with Gasteiger partial charge in [-0.05, 0) is 29.1 Å². The van der Waals surface area contributed by atoms with E-state index in [1.807, 2.05) is 11.8 Å². The van der Waals surface area contributed by atoms with Gasteiger partial charge in [-0.3, -0.25) is 0 Å². The monoisotopic (exact) mass is 184 g/mol. The number of rotatable bonds is 4. The summed E-state index contributed by atoms with van der Waals surface area (Å²) < 4.78 is 0. The minimum atomic E-state index is 0.561. The van der Waals surface area contributed by atoms with Gasteiger partial charge in [-0.15, -0.1) is 11.8 Å². The minimum absolute atomic E-state index is 0.561. The molecule has 0 spiro atoms. The minimum Gasteiger partial charge on any atom is -0.134 e. The van der Waals surface area contributed by atoms with Crippen molar-refractivity contribution in [2.24, 2.45) is 11.8 Å². The van der Waals surface area contributed by atoms with Crippen LogP contribution in [0.1, 0.15) is 27.7 Å². The highest BCUT2D eigenvalue weighted by Crippen LogP contribution is 2.24. The predicted octanol–water partition coefficient (Wildman–Crippen LogP) is 4.10. The van der Waals surface area contributed by atoms with Crippen molar-refractivity contribution in [1.82, 2.24) is 0 Å². The summed E-state index contributed by atoms with van der Waals surface area (Å²) in [6.45, 7) is 12.8. The molecule has 0 amide bonds. The van der Waals surface area contributed by atoms with Crippen LogP contribution < -0.4 is 0 Å². The maximum absolute atomic E-state index is 4.03. The molecule has 0 saturated heterocycles. The number of thioether (sulfide) groups is 1. The topological polar surface area (TPSA) is 0 Å². The Balaban J connectivity index is 4.38. The van der Waals surface area contributed by atoms with E-state index in [-0.39, 0.29) is 0 Å². The summed E-state index contributed by atoms with van der Waals surface area (Å²) >= 11 is 1.82. The Kier molecular flexibility index (Phi) is 5.39. The molecule has 0 aromatic rings. The van der Waals surface area contributed by atoms with Gasteiger partial charge >= 0.3 is 0 Å². The first kappa shape index (κ1) is 11.8. The highest BCUT2D eigenvalue weighted by atomic mass is 32.2. The summed E-state index contributed by atoms with van der Waals surface area (Å²) in [6.07, 6.45) is 4.35. The maximum atomic E-state index is 4.03. The zero-order valence-electron chi connectivity index (χ0n) is 8.85. The molecular formula is C11H20S. The van der Waals surface area contributed by atoms with Crippen LogP contribution in [-0.2, 0) is 0 Å². The molecule has 0 saturated carbocycles. The summed E-state index contributed by atoms with van der Waals surface area (Å²) in [5.74, 6) is 1.18. The molecule has 0 aromatic heterocycles. The van der Waals surface area contributed by atoms with Crippen molar-refractivity contribution < 1.29 is 0 Å². The van der Waals surface area contributed by atoms with Gasteiger partial charge in [0.25, 0.3) is 0 Å². The molecular weight excluding hydrogens is 164 g/mol. The fourth-order valence-electron chi connectivity index (χ4n) is 0.811. The molecule has 0 radical (unpaired) electrons. The van der Waals surface area contributed by atoms with E-state index in [4.69, 9.17) is 0 Å². The zero-order chi connectivity index (χ0) is 9.72. The number of hydrogen-bond acceptors (Lipinski definition) is 1. The van der Waals surface area contributed by atoms with Gasteiger partial charge in [-0.1, -0.05) is 39.8 Å². The predicted molar refractivity (Wildman–Crippen MR) is 60.4 cm³/mol. The van der Waals surface area contributed by atoms with Crippen LogP contribution in [0.4, 0.5) is 0 Å². The lowest BCUT2D eigenvalue weighted by Gasteiger charge is -2.11. The van der Waals surface area contributed by atoms with Crippen molar-refractivity contribution in [3.8, 4) is 0 Å². The highest BCUT2D eigenvalue weighted by Gasteiger charge is 2.03. The van der Waals surface area contributed by atoms with Crippen molar-refractivity contribution in [3.05, 3.63) is 23.1 Å². The van der Waals surface area contributed by atoms with Crippen molar-refractivity contribution in [2.45, 2.75) is 27.7 Å². The number of allylic oxidation sites excluding steroid dienone is 3. The lowest BCUT2D eigenvalue weighted by atomic mass is 10.0. The second-order valence-corrected chi connectivity index (χ2v) is 4.51. The Morgan fingerprint density at radius 3 is 1.92 bits per heavy atom. The van der Waals surface area contributed by atoms with Gasteiger partial charge in [-0.2, -0.15) is 0 Å². The molecule has 1 heteroatoms. The Bertz CT molecular complexity index is 175. The van der Waals surface area contributed by atoms with Crippen LogP contribution in [-0.4, -0.2) is 6.26 Å². The highest BCUT2D eigenvalue weighted by molar-refractivity contribution is 8.02. The first-order valence-corrected chi connectivity index (χ1v) is 5.65. The van der Waals surface area contributed by atoms with Crippen molar-refractivity contribution >= 4 is 11.8 Å². The molecule has 0 N–H and O–H groups in total. The smallest absolute Gasteiger partial charge is 0.0127 e. The molecule has 0 aromatic carbocycles. The Hall–Kier alpha value is -0.170. The fourth-order valence-corrected chi connectivity index (χ4v) is 1.55. The summed E-state index contributed by atoms with van der Waals surface area (Å²) in [4.78, 5) is 1.42. The molecule has 12 heavy (non-hydrogen) atoms. The van der Waals surface area contributed by atoms with E-state index in [1.165, 1.54) is 10.5 Å². The van der Waals surface area contributed by atoms with Gasteiger partial charge in [0, 0.05) is 0 Å². The van der Waals surface area contributed by atoms with Crippen molar-refractivity contribution in [1.29, 1.82) is 0 Å². The second kappa shape index (κ2) is 5.47. The summed E-state index contributed by atoms with van der Waals surface area (Å²) in [5.41, 5.74) is 1.23. The third-order valence-electron chi connectivity index (χ3n) is 1.87. The molecule has 0 fully saturated rings. The van der Waals surface area contributed by atoms with Gasteiger partial charge in [0.2, 0.25) is 0 Å². The van der Waals surface area contributed by atoms with E-state index in [2.05, 4.69) is 46.6 Å². The summed E-state index contributed by atoms with van der Waals surface area (Å²) in [6, 6.07) is 0. The van der Waals surface area contributed by atoms with Crippen molar-refractivity contribution in [2.75, 3.05) is 6.26 Å². The van der Waals surface area contributed by atoms with Crippen LogP contribution in [0.25, 0.3) is 0 Å². The van der Waals surface area contributed by atoms with E-state index in [0.29, 0.717) is 11.8 Å². The first-order valence-electron chi connectivity index (χ1n) is 4.43. The Morgan fingerprint density at radius 1 is 1.17 bits per heavy atom. The van der Waals surface area contributed by atoms with E-state index in [1.54, 1.807) is 0 Å². The van der Waals surface area contributed by atoms with E-state index < -0.39 is 0 Å². The largest absolute Gasteiger partial charge is 0.134 e. The first-order chi connectivity index (χ1) is 5.49. The fraction of sp³-hybridized carbons (Fsp3) is 0.636. The maximum Gasteiger partial charge on any atom is -0.0127 e. The molecule has 0 aliphatic heterocycles. The lowest BCUT2D eigenvalue weighted by molar-refractivity contribution is 0.778. The molecule has 0 nitrogen and oxygen atoms in total. The summed E-state index contributed by atoms with van der Waals surface area (Å²) in [5, 5.41) is 0.